The molecular weight excluding hydrogens is 376 g/mol. The van der Waals surface area contributed by atoms with E-state index in [1.165, 1.54) is 18.2 Å². The highest BCUT2D eigenvalue weighted by molar-refractivity contribution is 6.07. The molecule has 4 aromatic rings. The van der Waals surface area contributed by atoms with Crippen molar-refractivity contribution in [2.24, 2.45) is 0 Å². The number of nitro benzene ring substituents is 1. The Morgan fingerprint density at radius 2 is 1.83 bits per heavy atom. The van der Waals surface area contributed by atoms with Crippen LogP contribution in [0.3, 0.4) is 0 Å². The first-order valence-corrected chi connectivity index (χ1v) is 8.60. The topological polar surface area (TPSA) is 127 Å². The fraction of sp³-hybridized carbons (Fsp3) is 0.0500. The molecule has 4 rings (SSSR count). The zero-order valence-corrected chi connectivity index (χ0v) is 15.1. The molecule has 0 aliphatic carbocycles. The first-order valence-electron chi connectivity index (χ1n) is 8.60. The van der Waals surface area contributed by atoms with E-state index in [2.05, 4.69) is 10.4 Å². The lowest BCUT2D eigenvalue weighted by Crippen LogP contribution is -2.42. The second kappa shape index (κ2) is 6.71. The van der Waals surface area contributed by atoms with Crippen LogP contribution in [-0.2, 0) is 0 Å². The summed E-state index contributed by atoms with van der Waals surface area (Å²) in [4.78, 5) is 50.5. The minimum Gasteiger partial charge on any atom is -0.316 e. The van der Waals surface area contributed by atoms with Gasteiger partial charge in [0.2, 0.25) is 0 Å². The van der Waals surface area contributed by atoms with Crippen LogP contribution >= 0.6 is 0 Å². The summed E-state index contributed by atoms with van der Waals surface area (Å²) in [6, 6.07) is 14.2. The van der Waals surface area contributed by atoms with Crippen LogP contribution in [0.15, 0.2) is 64.2 Å². The predicted octanol–water partition coefficient (Wildman–Crippen LogP) is 2.44. The Morgan fingerprint density at radius 1 is 1.10 bits per heavy atom. The summed E-state index contributed by atoms with van der Waals surface area (Å²) < 4.78 is 0.842. The summed E-state index contributed by atoms with van der Waals surface area (Å²) in [7, 11) is 0. The first-order chi connectivity index (χ1) is 13.9. The van der Waals surface area contributed by atoms with E-state index in [9.17, 15) is 24.5 Å². The normalized spacial score (nSPS) is 10.9. The molecule has 9 heteroatoms. The number of fused-ring (bicyclic) bond motifs is 3. The fourth-order valence-electron chi connectivity index (χ4n) is 3.22. The van der Waals surface area contributed by atoms with Gasteiger partial charge in [0.15, 0.2) is 0 Å². The van der Waals surface area contributed by atoms with Gasteiger partial charge in [-0.15, -0.1) is 0 Å². The van der Waals surface area contributed by atoms with Crippen molar-refractivity contribution in [2.45, 2.75) is 6.92 Å². The van der Waals surface area contributed by atoms with E-state index in [0.717, 1.165) is 4.68 Å². The van der Waals surface area contributed by atoms with Gasteiger partial charge >= 0.3 is 11.1 Å². The average Bonchev–Trinajstić information content (AvgIpc) is 2.70. The summed E-state index contributed by atoms with van der Waals surface area (Å²) in [6.07, 6.45) is 0. The third-order valence-corrected chi connectivity index (χ3v) is 4.66. The van der Waals surface area contributed by atoms with E-state index in [0.29, 0.717) is 21.9 Å². The van der Waals surface area contributed by atoms with Crippen molar-refractivity contribution in [3.8, 4) is 0 Å². The van der Waals surface area contributed by atoms with Gasteiger partial charge in [0.05, 0.1) is 16.0 Å². The molecule has 0 aliphatic heterocycles. The van der Waals surface area contributed by atoms with Gasteiger partial charge in [-0.25, -0.2) is 4.68 Å². The molecular formula is C20H14N4O5. The molecule has 9 nitrogen and oxygen atoms in total. The summed E-state index contributed by atoms with van der Waals surface area (Å²) in [5.74, 6) is -0.584. The molecule has 0 radical (unpaired) electrons. The van der Waals surface area contributed by atoms with Crippen LogP contribution < -0.4 is 16.5 Å². The van der Waals surface area contributed by atoms with Gasteiger partial charge in [0, 0.05) is 23.1 Å². The van der Waals surface area contributed by atoms with E-state index >= 15 is 0 Å². The summed E-state index contributed by atoms with van der Waals surface area (Å²) >= 11 is 0. The molecule has 0 spiro atoms. The van der Waals surface area contributed by atoms with Gasteiger partial charge < -0.3 is 4.98 Å². The molecule has 29 heavy (non-hydrogen) atoms. The standard InChI is InChI=1S/C20H14N4O5/c1-11-4-2-3-5-14(11)18(25)22-23-17-15-10-13(24(28)29)8-6-12(15)7-9-16(17)21-19(26)20(23)27/h2-10H,1H3,(H,21,26)(H,22,25). The lowest BCUT2D eigenvalue weighted by molar-refractivity contribution is -0.384. The first kappa shape index (κ1) is 18.1. The Bertz CT molecular complexity index is 1430. The number of carbonyl (C=O) groups is 1. The molecule has 0 aliphatic rings. The van der Waals surface area contributed by atoms with Gasteiger partial charge in [-0.2, -0.15) is 0 Å². The number of H-pyrrole nitrogens is 1. The van der Waals surface area contributed by atoms with E-state index in [1.807, 2.05) is 0 Å². The van der Waals surface area contributed by atoms with Gasteiger partial charge in [-0.3, -0.25) is 29.9 Å². The van der Waals surface area contributed by atoms with Crippen LogP contribution in [0, 0.1) is 17.0 Å². The molecule has 2 N–H and O–H groups in total. The lowest BCUT2D eigenvalue weighted by atomic mass is 10.1. The SMILES string of the molecule is Cc1ccccc1C(=O)Nn1c(=O)c(=O)[nH]c2ccc3ccc([N+](=O)[O-])cc3c21. The van der Waals surface area contributed by atoms with Gasteiger partial charge in [0.25, 0.3) is 11.6 Å². The number of nitrogens with zero attached hydrogens (tertiary/aromatic N) is 2. The molecule has 1 heterocycles. The Hall–Kier alpha value is -4.27. The van der Waals surface area contributed by atoms with Crippen LogP contribution in [0.25, 0.3) is 21.8 Å². The largest absolute Gasteiger partial charge is 0.335 e. The van der Waals surface area contributed by atoms with Crippen LogP contribution in [0.2, 0.25) is 0 Å². The molecule has 3 aromatic carbocycles. The highest BCUT2D eigenvalue weighted by atomic mass is 16.6. The van der Waals surface area contributed by atoms with Gasteiger partial charge in [-0.05, 0) is 36.1 Å². The molecule has 0 saturated heterocycles. The number of aryl methyl sites for hydroxylation is 1. The monoisotopic (exact) mass is 390 g/mol. The average molecular weight is 390 g/mol. The number of benzene rings is 3. The van der Waals surface area contributed by atoms with Crippen LogP contribution in [0.5, 0.6) is 0 Å². The minimum absolute atomic E-state index is 0.165. The number of non-ortho nitro benzene ring substituents is 1. The summed E-state index contributed by atoms with van der Waals surface area (Å²) in [5.41, 5.74) is 1.80. The third kappa shape index (κ3) is 3.04. The van der Waals surface area contributed by atoms with Crippen molar-refractivity contribution in [2.75, 3.05) is 5.43 Å². The maximum absolute atomic E-state index is 12.8. The van der Waals surface area contributed by atoms with Crippen LogP contribution in [0.1, 0.15) is 15.9 Å². The summed E-state index contributed by atoms with van der Waals surface area (Å²) in [6.45, 7) is 1.74. The number of amides is 1. The molecule has 0 unspecified atom stereocenters. The summed E-state index contributed by atoms with van der Waals surface area (Å²) in [5, 5.41) is 12.1. The quantitative estimate of drug-likeness (QED) is 0.240. The highest BCUT2D eigenvalue weighted by Crippen LogP contribution is 2.26. The zero-order valence-electron chi connectivity index (χ0n) is 15.1. The van der Waals surface area contributed by atoms with Crippen LogP contribution in [0.4, 0.5) is 5.69 Å². The Kier molecular flexibility index (Phi) is 4.19. The number of carbonyl (C=O) groups excluding carboxylic acids is 1. The number of aromatic nitrogens is 2. The number of hydrogen-bond acceptors (Lipinski definition) is 5. The Balaban J connectivity index is 2.02. The number of rotatable bonds is 3. The molecule has 0 fully saturated rings. The number of aromatic amines is 1. The van der Waals surface area contributed by atoms with Crippen molar-refractivity contribution in [1.82, 2.24) is 9.66 Å². The second-order valence-corrected chi connectivity index (χ2v) is 6.47. The number of hydrogen-bond donors (Lipinski definition) is 2. The molecule has 0 saturated carbocycles. The lowest BCUT2D eigenvalue weighted by Gasteiger charge is -2.14. The van der Waals surface area contributed by atoms with Crippen molar-refractivity contribution in [3.05, 3.63) is 96.5 Å². The van der Waals surface area contributed by atoms with E-state index in [4.69, 9.17) is 0 Å². The van der Waals surface area contributed by atoms with Crippen molar-refractivity contribution in [3.63, 3.8) is 0 Å². The molecule has 0 bridgehead atoms. The predicted molar refractivity (Wildman–Crippen MR) is 108 cm³/mol. The van der Waals surface area contributed by atoms with E-state index < -0.39 is 21.9 Å². The zero-order chi connectivity index (χ0) is 20.7. The number of nitro groups is 1. The van der Waals surface area contributed by atoms with Crippen molar-refractivity contribution >= 4 is 33.4 Å². The molecule has 144 valence electrons. The van der Waals surface area contributed by atoms with Gasteiger partial charge in [-0.1, -0.05) is 24.3 Å². The maximum Gasteiger partial charge on any atom is 0.335 e. The maximum atomic E-state index is 12.8. The van der Waals surface area contributed by atoms with Crippen molar-refractivity contribution < 1.29 is 9.72 Å². The molecule has 1 amide bonds. The van der Waals surface area contributed by atoms with Crippen LogP contribution in [-0.4, -0.2) is 20.5 Å². The van der Waals surface area contributed by atoms with Crippen molar-refractivity contribution in [1.29, 1.82) is 0 Å². The second-order valence-electron chi connectivity index (χ2n) is 6.47. The Labute approximate surface area is 162 Å². The van der Waals surface area contributed by atoms with Gasteiger partial charge in [0.1, 0.15) is 0 Å². The number of nitrogens with one attached hydrogen (secondary N) is 2. The smallest absolute Gasteiger partial charge is 0.316 e. The fourth-order valence-corrected chi connectivity index (χ4v) is 3.22. The van der Waals surface area contributed by atoms with E-state index in [1.54, 1.807) is 43.3 Å². The molecule has 0 atom stereocenters. The third-order valence-electron chi connectivity index (χ3n) is 4.66. The minimum atomic E-state index is -1.00. The van der Waals surface area contributed by atoms with E-state index in [-0.39, 0.29) is 16.7 Å². The Morgan fingerprint density at radius 3 is 2.55 bits per heavy atom. The highest BCUT2D eigenvalue weighted by Gasteiger charge is 2.17. The molecule has 1 aromatic heterocycles.